The molecule has 2 heterocycles. The molecule has 1 aromatic heterocycles. The molecule has 0 aliphatic carbocycles. The molecule has 0 spiro atoms. The van der Waals surface area contributed by atoms with Crippen LogP contribution in [-0.2, 0) is 20.4 Å². The molecule has 1 atom stereocenters. The SMILES string of the molecule is CCC1(C)CC(S(=O)(=O)Cc2nc3ccc(F)cc3o2)=NO1. The van der Waals surface area contributed by atoms with Crippen molar-refractivity contribution in [2.24, 2.45) is 5.16 Å². The van der Waals surface area contributed by atoms with E-state index in [1.54, 1.807) is 6.92 Å². The molecule has 0 bridgehead atoms. The van der Waals surface area contributed by atoms with E-state index in [0.717, 1.165) is 0 Å². The summed E-state index contributed by atoms with van der Waals surface area (Å²) in [6.07, 6.45) is 0.873. The Morgan fingerprint density at radius 2 is 2.18 bits per heavy atom. The number of halogens is 1. The Bertz CT molecular complexity index is 859. The van der Waals surface area contributed by atoms with E-state index in [1.165, 1.54) is 18.2 Å². The summed E-state index contributed by atoms with van der Waals surface area (Å²) in [7, 11) is -3.68. The van der Waals surface area contributed by atoms with Crippen LogP contribution in [0, 0.1) is 5.82 Å². The first-order valence-electron chi connectivity index (χ1n) is 6.84. The largest absolute Gasteiger partial charge is 0.439 e. The normalized spacial score (nSPS) is 21.9. The van der Waals surface area contributed by atoms with Gasteiger partial charge in [0.25, 0.3) is 0 Å². The van der Waals surface area contributed by atoms with Gasteiger partial charge in [-0.2, -0.15) is 0 Å². The fourth-order valence-corrected chi connectivity index (χ4v) is 3.45. The average Bonchev–Trinajstić information content (AvgIpc) is 3.02. The third kappa shape index (κ3) is 2.70. The smallest absolute Gasteiger partial charge is 0.211 e. The molecule has 1 unspecified atom stereocenters. The molecule has 0 amide bonds. The Hall–Kier alpha value is -1.96. The summed E-state index contributed by atoms with van der Waals surface area (Å²) < 4.78 is 43.1. The summed E-state index contributed by atoms with van der Waals surface area (Å²) in [6.45, 7) is 3.71. The van der Waals surface area contributed by atoms with E-state index in [2.05, 4.69) is 10.1 Å². The van der Waals surface area contributed by atoms with Gasteiger partial charge >= 0.3 is 0 Å². The molecule has 0 radical (unpaired) electrons. The van der Waals surface area contributed by atoms with Crippen LogP contribution in [0.2, 0.25) is 0 Å². The van der Waals surface area contributed by atoms with Crippen molar-refractivity contribution < 1.29 is 22.1 Å². The van der Waals surface area contributed by atoms with Crippen molar-refractivity contribution in [2.75, 3.05) is 0 Å². The molecule has 118 valence electrons. The zero-order valence-corrected chi connectivity index (χ0v) is 13.0. The molecule has 6 nitrogen and oxygen atoms in total. The van der Waals surface area contributed by atoms with E-state index < -0.39 is 27.0 Å². The second-order valence-electron chi connectivity index (χ2n) is 5.54. The predicted molar refractivity (Wildman–Crippen MR) is 78.4 cm³/mol. The minimum absolute atomic E-state index is 0.00778. The fraction of sp³-hybridized carbons (Fsp3) is 0.429. The van der Waals surface area contributed by atoms with Crippen molar-refractivity contribution in [2.45, 2.75) is 38.0 Å². The van der Waals surface area contributed by atoms with Gasteiger partial charge in [0, 0.05) is 12.5 Å². The van der Waals surface area contributed by atoms with Crippen LogP contribution in [0.3, 0.4) is 0 Å². The lowest BCUT2D eigenvalue weighted by molar-refractivity contribution is -0.00604. The van der Waals surface area contributed by atoms with Gasteiger partial charge in [0.15, 0.2) is 10.6 Å². The molecule has 3 rings (SSSR count). The van der Waals surface area contributed by atoms with E-state index in [4.69, 9.17) is 9.25 Å². The molecule has 0 saturated heterocycles. The Labute approximate surface area is 126 Å². The first-order valence-corrected chi connectivity index (χ1v) is 8.49. The van der Waals surface area contributed by atoms with Crippen molar-refractivity contribution >= 4 is 26.0 Å². The summed E-state index contributed by atoms with van der Waals surface area (Å²) in [4.78, 5) is 9.27. The van der Waals surface area contributed by atoms with E-state index in [-0.39, 0.29) is 22.9 Å². The molecule has 0 N–H and O–H groups in total. The highest BCUT2D eigenvalue weighted by Gasteiger charge is 2.38. The lowest BCUT2D eigenvalue weighted by atomic mass is 10.0. The third-order valence-corrected chi connectivity index (χ3v) is 5.27. The molecule has 22 heavy (non-hydrogen) atoms. The second kappa shape index (κ2) is 5.05. The molecule has 1 aliphatic heterocycles. The van der Waals surface area contributed by atoms with Crippen LogP contribution in [0.25, 0.3) is 11.1 Å². The van der Waals surface area contributed by atoms with Crippen molar-refractivity contribution in [1.82, 2.24) is 4.98 Å². The first kappa shape index (κ1) is 15.0. The third-order valence-electron chi connectivity index (χ3n) is 3.71. The molecular weight excluding hydrogens is 311 g/mol. The van der Waals surface area contributed by atoms with Crippen LogP contribution in [0.1, 0.15) is 32.6 Å². The van der Waals surface area contributed by atoms with Crippen LogP contribution < -0.4 is 0 Å². The topological polar surface area (TPSA) is 81.8 Å². The average molecular weight is 326 g/mol. The molecule has 2 aromatic rings. The van der Waals surface area contributed by atoms with Crippen LogP contribution >= 0.6 is 0 Å². The number of rotatable bonds is 3. The lowest BCUT2D eigenvalue weighted by Crippen LogP contribution is -2.26. The highest BCUT2D eigenvalue weighted by molar-refractivity contribution is 8.05. The number of nitrogens with zero attached hydrogens (tertiary/aromatic N) is 2. The van der Waals surface area contributed by atoms with E-state index in [0.29, 0.717) is 11.9 Å². The standard InChI is InChI=1S/C14H15FN2O4S/c1-3-14(2)7-13(17-21-14)22(18,19)8-12-16-10-5-4-9(15)6-11(10)20-12/h4-6H,3,7-8H2,1-2H3. The molecule has 1 aromatic carbocycles. The number of oxime groups is 1. The molecule has 0 saturated carbocycles. The van der Waals surface area contributed by atoms with Gasteiger partial charge in [-0.05, 0) is 25.5 Å². The Balaban J connectivity index is 1.85. The minimum atomic E-state index is -3.68. The molecular formula is C14H15FN2O4S. The van der Waals surface area contributed by atoms with Gasteiger partial charge in [-0.1, -0.05) is 12.1 Å². The number of fused-ring (bicyclic) bond motifs is 1. The second-order valence-corrected chi connectivity index (χ2v) is 7.52. The lowest BCUT2D eigenvalue weighted by Gasteiger charge is -2.17. The Morgan fingerprint density at radius 1 is 1.41 bits per heavy atom. The number of hydrogen-bond acceptors (Lipinski definition) is 6. The van der Waals surface area contributed by atoms with Gasteiger partial charge in [0.2, 0.25) is 15.7 Å². The van der Waals surface area contributed by atoms with Gasteiger partial charge in [-0.15, -0.1) is 0 Å². The number of benzene rings is 1. The van der Waals surface area contributed by atoms with Gasteiger partial charge in [-0.25, -0.2) is 17.8 Å². The van der Waals surface area contributed by atoms with Crippen LogP contribution in [0.4, 0.5) is 4.39 Å². The van der Waals surface area contributed by atoms with Crippen LogP contribution in [0.5, 0.6) is 0 Å². The number of hydrogen-bond donors (Lipinski definition) is 0. The maximum atomic E-state index is 13.1. The molecule has 8 heteroatoms. The summed E-state index contributed by atoms with van der Waals surface area (Å²) >= 11 is 0. The van der Waals surface area contributed by atoms with Crippen molar-refractivity contribution in [3.63, 3.8) is 0 Å². The van der Waals surface area contributed by atoms with Crippen LogP contribution in [-0.4, -0.2) is 24.0 Å². The highest BCUT2D eigenvalue weighted by atomic mass is 32.2. The summed E-state index contributed by atoms with van der Waals surface area (Å²) in [6, 6.07) is 3.85. The Kier molecular flexibility index (Phi) is 3.43. The number of oxazole rings is 1. The van der Waals surface area contributed by atoms with Crippen molar-refractivity contribution in [3.8, 4) is 0 Å². The van der Waals surface area contributed by atoms with Crippen molar-refractivity contribution in [1.29, 1.82) is 0 Å². The van der Waals surface area contributed by atoms with Crippen molar-refractivity contribution in [3.05, 3.63) is 29.9 Å². The maximum absolute atomic E-state index is 13.1. The van der Waals surface area contributed by atoms with E-state index in [1.807, 2.05) is 6.92 Å². The first-order chi connectivity index (χ1) is 10.3. The van der Waals surface area contributed by atoms with E-state index in [9.17, 15) is 12.8 Å². The predicted octanol–water partition coefficient (Wildman–Crippen LogP) is 2.78. The molecule has 1 aliphatic rings. The number of aromatic nitrogens is 1. The van der Waals surface area contributed by atoms with Gasteiger partial charge < -0.3 is 9.25 Å². The van der Waals surface area contributed by atoms with Gasteiger partial charge in [0.1, 0.15) is 22.7 Å². The highest BCUT2D eigenvalue weighted by Crippen LogP contribution is 2.29. The van der Waals surface area contributed by atoms with Crippen LogP contribution in [0.15, 0.2) is 27.8 Å². The summed E-state index contributed by atoms with van der Waals surface area (Å²) in [5, 5.41) is 3.69. The fourth-order valence-electron chi connectivity index (χ4n) is 2.16. The van der Waals surface area contributed by atoms with E-state index >= 15 is 0 Å². The zero-order chi connectivity index (χ0) is 16.0. The summed E-state index contributed by atoms with van der Waals surface area (Å²) in [5.41, 5.74) is 0.0372. The minimum Gasteiger partial charge on any atom is -0.439 e. The maximum Gasteiger partial charge on any atom is 0.211 e. The van der Waals surface area contributed by atoms with Gasteiger partial charge in [-0.3, -0.25) is 0 Å². The zero-order valence-electron chi connectivity index (χ0n) is 12.2. The Morgan fingerprint density at radius 3 is 2.86 bits per heavy atom. The summed E-state index contributed by atoms with van der Waals surface area (Å²) in [5.74, 6) is -0.885. The quantitative estimate of drug-likeness (QED) is 0.866. The number of sulfone groups is 1. The molecule has 0 fully saturated rings. The van der Waals surface area contributed by atoms with Gasteiger partial charge in [0.05, 0.1) is 0 Å². The monoisotopic (exact) mass is 326 g/mol.